The fraction of sp³-hybridized carbons (Fsp3) is 0.281. The molecule has 1 aliphatic heterocycles. The van der Waals surface area contributed by atoms with E-state index in [0.717, 1.165) is 41.3 Å². The number of aromatic nitrogens is 3. The summed E-state index contributed by atoms with van der Waals surface area (Å²) in [6, 6.07) is 17.1. The van der Waals surface area contributed by atoms with E-state index in [9.17, 15) is 18.8 Å². The molecule has 2 atom stereocenters. The van der Waals surface area contributed by atoms with Gasteiger partial charge in [-0.2, -0.15) is 4.39 Å². The van der Waals surface area contributed by atoms with Gasteiger partial charge in [-0.1, -0.05) is 50.2 Å². The van der Waals surface area contributed by atoms with Gasteiger partial charge >= 0.3 is 6.09 Å². The van der Waals surface area contributed by atoms with E-state index in [1.54, 1.807) is 23.2 Å². The van der Waals surface area contributed by atoms with Gasteiger partial charge in [0.1, 0.15) is 11.9 Å². The van der Waals surface area contributed by atoms with Gasteiger partial charge < -0.3 is 25.3 Å². The number of amides is 3. The second kappa shape index (κ2) is 12.8. The molecule has 3 N–H and O–H groups in total. The molecule has 43 heavy (non-hydrogen) atoms. The number of anilines is 1. The first kappa shape index (κ1) is 29.4. The van der Waals surface area contributed by atoms with Crippen molar-refractivity contribution < 1.29 is 23.5 Å². The monoisotopic (exact) mass is 584 g/mol. The molecular weight excluding hydrogens is 551 g/mol. The van der Waals surface area contributed by atoms with E-state index >= 15 is 0 Å². The van der Waals surface area contributed by atoms with Crippen LogP contribution in [0, 0.1) is 11.9 Å². The fourth-order valence-electron chi connectivity index (χ4n) is 5.15. The van der Waals surface area contributed by atoms with Gasteiger partial charge in [-0.15, -0.1) is 0 Å². The number of benzene rings is 2. The number of carbonyl (C=O) groups is 3. The fourth-order valence-corrected chi connectivity index (χ4v) is 5.15. The van der Waals surface area contributed by atoms with E-state index in [1.807, 2.05) is 50.2 Å². The minimum atomic E-state index is -0.688. The molecule has 3 amide bonds. The molecule has 1 unspecified atom stereocenters. The zero-order valence-electron chi connectivity index (χ0n) is 24.1. The minimum absolute atomic E-state index is 0.104. The SMILES string of the molecule is COC(=O)N[C@H](C(=O)N1CCCC1c1ncc(-c2ccc(-c3ccc(NC(=O)c4ccc(F)nc4)cc3)cc2)[nH]1)C(C)C. The lowest BCUT2D eigenvalue weighted by Crippen LogP contribution is -2.51. The van der Waals surface area contributed by atoms with Crippen molar-refractivity contribution in [3.05, 3.63) is 90.4 Å². The first-order chi connectivity index (χ1) is 20.7. The Hall–Kier alpha value is -5.06. The summed E-state index contributed by atoms with van der Waals surface area (Å²) in [7, 11) is 1.28. The Morgan fingerprint density at radius 1 is 0.953 bits per heavy atom. The molecule has 1 fully saturated rings. The van der Waals surface area contributed by atoms with Crippen LogP contribution in [-0.4, -0.2) is 57.5 Å². The second-order valence-corrected chi connectivity index (χ2v) is 10.7. The van der Waals surface area contributed by atoms with Crippen molar-refractivity contribution in [2.75, 3.05) is 19.0 Å². The number of nitrogens with one attached hydrogen (secondary N) is 3. The van der Waals surface area contributed by atoms with Crippen LogP contribution < -0.4 is 10.6 Å². The summed E-state index contributed by atoms with van der Waals surface area (Å²) in [6.07, 6.45) is 3.95. The standard InChI is InChI=1S/C32H33FN6O4/c1-19(2)28(38-32(42)43-3)31(41)39-16-4-5-26(39)29-35-18-25(37-29)22-8-6-20(7-9-22)21-10-13-24(14-11-21)36-30(40)23-12-15-27(33)34-17-23/h6-15,17-19,26,28H,4-5,16H2,1-3H3,(H,35,37)(H,36,40)(H,38,42)/t26?,28-/m0/s1. The average Bonchev–Trinajstić information content (AvgIpc) is 3.70. The summed E-state index contributed by atoms with van der Waals surface area (Å²) < 4.78 is 17.7. The predicted molar refractivity (Wildman–Crippen MR) is 159 cm³/mol. The average molecular weight is 585 g/mol. The molecule has 10 nitrogen and oxygen atoms in total. The highest BCUT2D eigenvalue weighted by Gasteiger charge is 2.37. The van der Waals surface area contributed by atoms with Crippen LogP contribution in [0.5, 0.6) is 0 Å². The van der Waals surface area contributed by atoms with Crippen molar-refractivity contribution in [1.29, 1.82) is 0 Å². The van der Waals surface area contributed by atoms with E-state index < -0.39 is 18.1 Å². The van der Waals surface area contributed by atoms with Crippen LogP contribution in [0.1, 0.15) is 48.9 Å². The molecule has 0 spiro atoms. The Morgan fingerprint density at radius 3 is 2.26 bits per heavy atom. The van der Waals surface area contributed by atoms with Crippen molar-refractivity contribution in [2.45, 2.75) is 38.8 Å². The van der Waals surface area contributed by atoms with E-state index in [2.05, 4.69) is 25.6 Å². The first-order valence-corrected chi connectivity index (χ1v) is 14.1. The molecule has 1 aliphatic rings. The molecule has 222 valence electrons. The number of alkyl carbamates (subject to hydrolysis) is 1. The number of methoxy groups -OCH3 is 1. The maximum atomic E-state index is 13.4. The third kappa shape index (κ3) is 6.72. The Kier molecular flexibility index (Phi) is 8.79. The number of H-pyrrole nitrogens is 1. The number of hydrogen-bond acceptors (Lipinski definition) is 6. The third-order valence-corrected chi connectivity index (χ3v) is 7.50. The van der Waals surface area contributed by atoms with Crippen molar-refractivity contribution in [2.24, 2.45) is 5.92 Å². The lowest BCUT2D eigenvalue weighted by molar-refractivity contribution is -0.135. The molecule has 0 aliphatic carbocycles. The van der Waals surface area contributed by atoms with Gasteiger partial charge in [-0.05, 0) is 59.7 Å². The number of rotatable bonds is 8. The molecule has 5 rings (SSSR count). The molecular formula is C32H33FN6O4. The van der Waals surface area contributed by atoms with E-state index in [0.29, 0.717) is 18.1 Å². The lowest BCUT2D eigenvalue weighted by Gasteiger charge is -2.30. The molecule has 2 aromatic carbocycles. The van der Waals surface area contributed by atoms with Crippen LogP contribution in [0.4, 0.5) is 14.9 Å². The van der Waals surface area contributed by atoms with Gasteiger partial charge in [0.25, 0.3) is 5.91 Å². The molecule has 0 bridgehead atoms. The predicted octanol–water partition coefficient (Wildman–Crippen LogP) is 5.57. The van der Waals surface area contributed by atoms with Gasteiger partial charge in [0.05, 0.1) is 30.6 Å². The maximum Gasteiger partial charge on any atom is 0.407 e. The van der Waals surface area contributed by atoms with Gasteiger partial charge in [-0.3, -0.25) is 9.59 Å². The third-order valence-electron chi connectivity index (χ3n) is 7.50. The summed E-state index contributed by atoms with van der Waals surface area (Å²) in [4.78, 5) is 50.9. The molecule has 11 heteroatoms. The number of halogens is 1. The highest BCUT2D eigenvalue weighted by Crippen LogP contribution is 2.33. The molecule has 4 aromatic rings. The summed E-state index contributed by atoms with van der Waals surface area (Å²) in [5, 5.41) is 5.45. The number of ether oxygens (including phenoxy) is 1. The van der Waals surface area contributed by atoms with E-state index in [4.69, 9.17) is 4.74 Å². The number of likely N-dealkylation sites (tertiary alicyclic amines) is 1. The van der Waals surface area contributed by atoms with Gasteiger partial charge in [0.15, 0.2) is 0 Å². The smallest absolute Gasteiger partial charge is 0.407 e. The van der Waals surface area contributed by atoms with Crippen LogP contribution in [0.2, 0.25) is 0 Å². The van der Waals surface area contributed by atoms with Gasteiger partial charge in [-0.25, -0.2) is 14.8 Å². The number of pyridine rings is 1. The summed E-state index contributed by atoms with van der Waals surface area (Å²) in [5.74, 6) is -0.556. The van der Waals surface area contributed by atoms with Gasteiger partial charge in [0, 0.05) is 18.4 Å². The Labute approximate surface area is 248 Å². The largest absolute Gasteiger partial charge is 0.453 e. The summed E-state index contributed by atoms with van der Waals surface area (Å²) in [6.45, 7) is 4.36. The molecule has 0 radical (unpaired) electrons. The van der Waals surface area contributed by atoms with Crippen LogP contribution in [0.3, 0.4) is 0 Å². The number of imidazole rings is 1. The Balaban J connectivity index is 1.25. The highest BCUT2D eigenvalue weighted by atomic mass is 19.1. The molecule has 2 aromatic heterocycles. The molecule has 0 saturated carbocycles. The topological polar surface area (TPSA) is 129 Å². The number of carbonyl (C=O) groups excluding carboxylic acids is 3. The maximum absolute atomic E-state index is 13.4. The number of nitrogens with zero attached hydrogens (tertiary/aromatic N) is 3. The van der Waals surface area contributed by atoms with Crippen LogP contribution >= 0.6 is 0 Å². The second-order valence-electron chi connectivity index (χ2n) is 10.7. The van der Waals surface area contributed by atoms with Crippen molar-refractivity contribution in [3.8, 4) is 22.4 Å². The first-order valence-electron chi connectivity index (χ1n) is 14.1. The number of aromatic amines is 1. The summed E-state index contributed by atoms with van der Waals surface area (Å²) >= 11 is 0. The van der Waals surface area contributed by atoms with E-state index in [1.165, 1.54) is 19.4 Å². The zero-order valence-corrected chi connectivity index (χ0v) is 24.1. The zero-order chi connectivity index (χ0) is 30.5. The normalized spacial score (nSPS) is 15.3. The molecule has 3 heterocycles. The quantitative estimate of drug-likeness (QED) is 0.232. The summed E-state index contributed by atoms with van der Waals surface area (Å²) in [5.41, 5.74) is 4.63. The minimum Gasteiger partial charge on any atom is -0.453 e. The van der Waals surface area contributed by atoms with Crippen molar-refractivity contribution in [1.82, 2.24) is 25.2 Å². The van der Waals surface area contributed by atoms with Gasteiger partial charge in [0.2, 0.25) is 11.9 Å². The number of hydrogen-bond donors (Lipinski definition) is 3. The Morgan fingerprint density at radius 2 is 1.63 bits per heavy atom. The highest BCUT2D eigenvalue weighted by molar-refractivity contribution is 6.04. The Bertz CT molecular complexity index is 1590. The van der Waals surface area contributed by atoms with Crippen molar-refractivity contribution >= 4 is 23.6 Å². The van der Waals surface area contributed by atoms with Crippen molar-refractivity contribution in [3.63, 3.8) is 0 Å². The van der Waals surface area contributed by atoms with Crippen LogP contribution in [0.25, 0.3) is 22.4 Å². The molecule has 1 saturated heterocycles. The van der Waals surface area contributed by atoms with Crippen LogP contribution in [-0.2, 0) is 9.53 Å². The van der Waals surface area contributed by atoms with Crippen LogP contribution in [0.15, 0.2) is 73.1 Å². The van der Waals surface area contributed by atoms with E-state index in [-0.39, 0.29) is 29.3 Å². The lowest BCUT2D eigenvalue weighted by atomic mass is 10.0.